The fraction of sp³-hybridized carbons (Fsp3) is 0.143. The second-order valence-corrected chi connectivity index (χ2v) is 9.98. The number of alkyl halides is 3. The van der Waals surface area contributed by atoms with Crippen LogP contribution in [0.1, 0.15) is 10.4 Å². The Morgan fingerprint density at radius 3 is 2.43 bits per heavy atom. The van der Waals surface area contributed by atoms with Crippen molar-refractivity contribution in [3.05, 3.63) is 70.1 Å². The van der Waals surface area contributed by atoms with Crippen molar-refractivity contribution in [3.63, 3.8) is 0 Å². The lowest BCUT2D eigenvalue weighted by Crippen LogP contribution is -2.29. The molecule has 0 saturated carbocycles. The lowest BCUT2D eigenvalue weighted by Gasteiger charge is -2.22. The molecule has 0 bridgehead atoms. The van der Waals surface area contributed by atoms with Gasteiger partial charge in [0.1, 0.15) is 17.3 Å². The van der Waals surface area contributed by atoms with Gasteiger partial charge in [0.2, 0.25) is 0 Å². The molecular weight excluding hydrogens is 435 g/mol. The van der Waals surface area contributed by atoms with Gasteiger partial charge in [0.25, 0.3) is 9.84 Å². The molecule has 0 atom stereocenters. The number of sulfone groups is 1. The van der Waals surface area contributed by atoms with Gasteiger partial charge in [-0.1, -0.05) is 30.3 Å². The molecule has 0 unspecified atom stereocenters. The van der Waals surface area contributed by atoms with E-state index in [1.165, 1.54) is 11.3 Å². The smallest absolute Gasteiger partial charge is 0.486 e. The standard InChI is InChI=1S/C21H14F3NO3S2/c1-25-10-14(12-6-2-4-8-15(12)25)18-17(30(26,27)21(22,23)24)11-28-19-13-7-3-5-9-16(13)29-20(18)19/h2-10H,11H2,1H3. The van der Waals surface area contributed by atoms with Crippen molar-refractivity contribution in [2.45, 2.75) is 5.51 Å². The van der Waals surface area contributed by atoms with Crippen molar-refractivity contribution >= 4 is 47.7 Å². The van der Waals surface area contributed by atoms with Gasteiger partial charge in [-0.05, 0) is 18.2 Å². The lowest BCUT2D eigenvalue weighted by atomic mass is 10.0. The molecule has 0 fully saturated rings. The number of nitrogens with zero attached hydrogens (tertiary/aromatic N) is 1. The number of aryl methyl sites for hydroxylation is 1. The first kappa shape index (κ1) is 19.2. The molecule has 1 aliphatic heterocycles. The summed E-state index contributed by atoms with van der Waals surface area (Å²) in [4.78, 5) is -0.368. The Bertz CT molecular complexity index is 1460. The van der Waals surface area contributed by atoms with Gasteiger partial charge in [0, 0.05) is 45.4 Å². The lowest BCUT2D eigenvalue weighted by molar-refractivity contribution is -0.0428. The van der Waals surface area contributed by atoms with Crippen LogP contribution >= 0.6 is 11.3 Å². The first-order valence-electron chi connectivity index (χ1n) is 8.94. The highest BCUT2D eigenvalue weighted by Gasteiger charge is 2.51. The number of fused-ring (bicyclic) bond motifs is 4. The Morgan fingerprint density at radius 2 is 1.70 bits per heavy atom. The van der Waals surface area contributed by atoms with Crippen LogP contribution in [0.25, 0.3) is 26.6 Å². The SMILES string of the molecule is Cn1cc(C2=C(S(=O)(=O)C(F)(F)F)COc3c2sc2ccccc32)c2ccccc21. The van der Waals surface area contributed by atoms with Crippen molar-refractivity contribution in [3.8, 4) is 5.75 Å². The average Bonchev–Trinajstić information content (AvgIpc) is 3.24. The summed E-state index contributed by atoms with van der Waals surface area (Å²) in [5.74, 6) is 0.416. The number of thiophene rings is 1. The van der Waals surface area contributed by atoms with Crippen molar-refractivity contribution < 1.29 is 26.3 Å². The van der Waals surface area contributed by atoms with Crippen LogP contribution in [0.4, 0.5) is 13.2 Å². The van der Waals surface area contributed by atoms with Gasteiger partial charge in [-0.15, -0.1) is 11.3 Å². The predicted octanol–water partition coefficient (Wildman–Crippen LogP) is 5.48. The Balaban J connectivity index is 1.93. The molecule has 2 aromatic heterocycles. The van der Waals surface area contributed by atoms with E-state index in [4.69, 9.17) is 4.74 Å². The normalized spacial score (nSPS) is 14.9. The first-order chi connectivity index (χ1) is 14.2. The average molecular weight is 449 g/mol. The quantitative estimate of drug-likeness (QED) is 0.407. The summed E-state index contributed by atoms with van der Waals surface area (Å²) in [7, 11) is -3.81. The van der Waals surface area contributed by atoms with Gasteiger partial charge in [-0.25, -0.2) is 8.42 Å². The van der Waals surface area contributed by atoms with Gasteiger partial charge in [-0.2, -0.15) is 13.2 Å². The Hall–Kier alpha value is -2.78. The minimum atomic E-state index is -5.58. The maximum absolute atomic E-state index is 13.5. The van der Waals surface area contributed by atoms with Crippen LogP contribution in [0, 0.1) is 0 Å². The number of hydrogen-bond donors (Lipinski definition) is 0. The summed E-state index contributed by atoms with van der Waals surface area (Å²) in [5.41, 5.74) is -4.13. The molecule has 0 amide bonds. The highest BCUT2D eigenvalue weighted by atomic mass is 32.2. The van der Waals surface area contributed by atoms with Gasteiger partial charge in [0.05, 0.1) is 4.88 Å². The van der Waals surface area contributed by atoms with Gasteiger partial charge in [0.15, 0.2) is 0 Å². The van der Waals surface area contributed by atoms with Crippen LogP contribution in [0.3, 0.4) is 0 Å². The number of ether oxygens (including phenoxy) is 1. The summed E-state index contributed by atoms with van der Waals surface area (Å²) in [5, 5.41) is 1.42. The summed E-state index contributed by atoms with van der Waals surface area (Å²) in [6.07, 6.45) is 1.67. The van der Waals surface area contributed by atoms with Crippen molar-refractivity contribution in [1.29, 1.82) is 0 Å². The first-order valence-corrected chi connectivity index (χ1v) is 11.2. The van der Waals surface area contributed by atoms with Crippen LogP contribution in [-0.4, -0.2) is 25.1 Å². The monoisotopic (exact) mass is 449 g/mol. The zero-order valence-electron chi connectivity index (χ0n) is 15.5. The molecule has 0 N–H and O–H groups in total. The minimum absolute atomic E-state index is 0.0616. The van der Waals surface area contributed by atoms with Gasteiger partial charge in [-0.3, -0.25) is 0 Å². The van der Waals surface area contributed by atoms with E-state index in [0.29, 0.717) is 21.6 Å². The van der Waals surface area contributed by atoms with E-state index in [9.17, 15) is 21.6 Å². The zero-order chi connectivity index (χ0) is 21.3. The van der Waals surface area contributed by atoms with E-state index in [-0.39, 0.29) is 5.57 Å². The summed E-state index contributed by atoms with van der Waals surface area (Å²) < 4.78 is 73.8. The molecule has 4 nitrogen and oxygen atoms in total. The van der Waals surface area contributed by atoms with E-state index in [0.717, 1.165) is 15.6 Å². The number of para-hydroxylation sites is 1. The Kier molecular flexibility index (Phi) is 4.07. The molecule has 4 aromatic rings. The Labute approximate surface area is 173 Å². The molecule has 30 heavy (non-hydrogen) atoms. The second-order valence-electron chi connectivity index (χ2n) is 6.96. The third-order valence-corrected chi connectivity index (χ3v) is 7.95. The minimum Gasteiger partial charge on any atom is -0.486 e. The highest BCUT2D eigenvalue weighted by molar-refractivity contribution is 7.96. The van der Waals surface area contributed by atoms with Crippen molar-refractivity contribution in [2.75, 3.05) is 6.61 Å². The van der Waals surface area contributed by atoms with Crippen LogP contribution in [-0.2, 0) is 16.9 Å². The number of aromatic nitrogens is 1. The van der Waals surface area contributed by atoms with E-state index in [1.54, 1.807) is 29.9 Å². The molecule has 154 valence electrons. The third-order valence-electron chi connectivity index (χ3n) is 5.20. The molecule has 9 heteroatoms. The molecule has 2 aromatic carbocycles. The van der Waals surface area contributed by atoms with Gasteiger partial charge < -0.3 is 9.30 Å². The summed E-state index contributed by atoms with van der Waals surface area (Å²) in [6, 6.07) is 14.5. The second kappa shape index (κ2) is 6.36. The fourth-order valence-electron chi connectivity index (χ4n) is 3.83. The number of halogens is 3. The molecule has 0 spiro atoms. The number of hydrogen-bond acceptors (Lipinski definition) is 4. The number of benzene rings is 2. The van der Waals surface area contributed by atoms with Crippen molar-refractivity contribution in [1.82, 2.24) is 4.57 Å². The molecule has 5 rings (SSSR count). The molecule has 0 saturated heterocycles. The maximum atomic E-state index is 13.5. The van der Waals surface area contributed by atoms with E-state index in [2.05, 4.69) is 0 Å². The van der Waals surface area contributed by atoms with Crippen LogP contribution in [0.5, 0.6) is 5.75 Å². The number of rotatable bonds is 2. The van der Waals surface area contributed by atoms with Crippen LogP contribution < -0.4 is 4.74 Å². The largest absolute Gasteiger partial charge is 0.501 e. The van der Waals surface area contributed by atoms with Crippen molar-refractivity contribution in [2.24, 2.45) is 7.05 Å². The fourth-order valence-corrected chi connectivity index (χ4v) is 6.10. The zero-order valence-corrected chi connectivity index (χ0v) is 17.2. The van der Waals surface area contributed by atoms with Gasteiger partial charge >= 0.3 is 5.51 Å². The third kappa shape index (κ3) is 2.61. The van der Waals surface area contributed by atoms with E-state index < -0.39 is 26.9 Å². The molecular formula is C21H14F3NO3S2. The molecule has 0 aliphatic carbocycles. The van der Waals surface area contributed by atoms with Crippen LogP contribution in [0.2, 0.25) is 0 Å². The van der Waals surface area contributed by atoms with Crippen LogP contribution in [0.15, 0.2) is 59.6 Å². The highest BCUT2D eigenvalue weighted by Crippen LogP contribution is 2.50. The van der Waals surface area contributed by atoms with E-state index in [1.807, 2.05) is 36.4 Å². The topological polar surface area (TPSA) is 48.3 Å². The Morgan fingerprint density at radius 1 is 1.03 bits per heavy atom. The molecule has 1 aliphatic rings. The molecule has 3 heterocycles. The predicted molar refractivity (Wildman–Crippen MR) is 111 cm³/mol. The summed E-state index contributed by atoms with van der Waals surface area (Å²) in [6.45, 7) is -0.672. The van der Waals surface area contributed by atoms with E-state index >= 15 is 0 Å². The summed E-state index contributed by atoms with van der Waals surface area (Å²) >= 11 is 1.23. The molecule has 0 radical (unpaired) electrons. The maximum Gasteiger partial charge on any atom is 0.501 e.